The molecule has 1 aliphatic rings. The Morgan fingerprint density at radius 2 is 1.96 bits per heavy atom. The molecule has 6 nitrogen and oxygen atoms in total. The van der Waals surface area contributed by atoms with Crippen molar-refractivity contribution in [1.29, 1.82) is 0 Å². The van der Waals surface area contributed by atoms with Gasteiger partial charge in [0.2, 0.25) is 10.0 Å². The fourth-order valence-electron chi connectivity index (χ4n) is 3.54. The van der Waals surface area contributed by atoms with Crippen LogP contribution in [-0.4, -0.2) is 54.6 Å². The van der Waals surface area contributed by atoms with E-state index in [1.807, 2.05) is 13.0 Å². The molecule has 1 aromatic carbocycles. The first-order valence-electron chi connectivity index (χ1n) is 8.33. The number of fused-ring (bicyclic) bond motifs is 1. The lowest BCUT2D eigenvalue weighted by molar-refractivity contribution is 0.285. The summed E-state index contributed by atoms with van der Waals surface area (Å²) in [5.41, 5.74) is 2.13. The van der Waals surface area contributed by atoms with E-state index in [-0.39, 0.29) is 6.04 Å². The quantitative estimate of drug-likeness (QED) is 0.847. The van der Waals surface area contributed by atoms with E-state index in [1.165, 1.54) is 11.8 Å². The number of sulfonamides is 1. The van der Waals surface area contributed by atoms with Crippen molar-refractivity contribution in [2.24, 2.45) is 0 Å². The second-order valence-electron chi connectivity index (χ2n) is 6.40. The fraction of sp³-hybridized carbons (Fsp3) is 0.529. The Morgan fingerprint density at radius 1 is 1.25 bits per heavy atom. The monoisotopic (exact) mass is 348 g/mol. The molecule has 7 heteroatoms. The third kappa shape index (κ3) is 3.37. The van der Waals surface area contributed by atoms with Gasteiger partial charge in [-0.1, -0.05) is 18.6 Å². The summed E-state index contributed by atoms with van der Waals surface area (Å²) in [5.74, 6) is 0.949. The van der Waals surface area contributed by atoms with E-state index in [4.69, 9.17) is 0 Å². The van der Waals surface area contributed by atoms with Gasteiger partial charge < -0.3 is 4.90 Å². The summed E-state index contributed by atoms with van der Waals surface area (Å²) < 4.78 is 25.5. The standard InChI is InChI=1S/C17H24N4O2S/c1-4-21(24(3,22)23)14-7-9-20(10-8-14)17-15-11-13(2)5-6-16(15)18-12-19-17/h5-6,11-12,14H,4,7-10H2,1-3H3. The van der Waals surface area contributed by atoms with Gasteiger partial charge in [0.05, 0.1) is 11.8 Å². The first kappa shape index (κ1) is 17.1. The molecule has 0 N–H and O–H groups in total. The van der Waals surface area contributed by atoms with E-state index in [1.54, 1.807) is 10.6 Å². The third-order valence-corrected chi connectivity index (χ3v) is 6.09. The van der Waals surface area contributed by atoms with Crippen LogP contribution in [0.3, 0.4) is 0 Å². The van der Waals surface area contributed by atoms with Crippen molar-refractivity contribution in [3.05, 3.63) is 30.1 Å². The van der Waals surface area contributed by atoms with E-state index >= 15 is 0 Å². The van der Waals surface area contributed by atoms with Crippen LogP contribution in [0.5, 0.6) is 0 Å². The normalized spacial score (nSPS) is 16.9. The van der Waals surface area contributed by atoms with Gasteiger partial charge in [0.15, 0.2) is 0 Å². The van der Waals surface area contributed by atoms with E-state index < -0.39 is 10.0 Å². The predicted octanol–water partition coefficient (Wildman–Crippen LogP) is 2.19. The molecular formula is C17H24N4O2S. The second kappa shape index (κ2) is 6.64. The summed E-state index contributed by atoms with van der Waals surface area (Å²) in [6.07, 6.45) is 4.54. The van der Waals surface area contributed by atoms with Crippen LogP contribution < -0.4 is 4.90 Å². The lowest BCUT2D eigenvalue weighted by Gasteiger charge is -2.37. The zero-order valence-electron chi connectivity index (χ0n) is 14.4. The fourth-order valence-corrected chi connectivity index (χ4v) is 4.76. The SMILES string of the molecule is CCN(C1CCN(c2ncnc3ccc(C)cc23)CC1)S(C)(=O)=O. The number of rotatable bonds is 4. The maximum atomic E-state index is 11.9. The first-order chi connectivity index (χ1) is 11.4. The number of anilines is 1. The molecule has 2 heterocycles. The van der Waals surface area contributed by atoms with Crippen LogP contribution in [-0.2, 0) is 10.0 Å². The maximum Gasteiger partial charge on any atom is 0.211 e. The molecule has 1 aliphatic heterocycles. The van der Waals surface area contributed by atoms with Gasteiger partial charge in [-0.2, -0.15) is 4.31 Å². The highest BCUT2D eigenvalue weighted by Gasteiger charge is 2.29. The number of benzene rings is 1. The zero-order chi connectivity index (χ0) is 17.3. The van der Waals surface area contributed by atoms with Crippen LogP contribution in [0.25, 0.3) is 10.9 Å². The van der Waals surface area contributed by atoms with Crippen molar-refractivity contribution in [3.8, 4) is 0 Å². The minimum Gasteiger partial charge on any atom is -0.356 e. The zero-order valence-corrected chi connectivity index (χ0v) is 15.3. The Morgan fingerprint density at radius 3 is 2.58 bits per heavy atom. The molecule has 0 radical (unpaired) electrons. The van der Waals surface area contributed by atoms with Gasteiger partial charge in [0, 0.05) is 31.1 Å². The Bertz CT molecular complexity index is 830. The van der Waals surface area contributed by atoms with E-state index in [0.717, 1.165) is 42.7 Å². The first-order valence-corrected chi connectivity index (χ1v) is 10.2. The molecule has 0 saturated carbocycles. The van der Waals surface area contributed by atoms with Crippen LogP contribution in [0.2, 0.25) is 0 Å². The van der Waals surface area contributed by atoms with E-state index in [9.17, 15) is 8.42 Å². The lowest BCUT2D eigenvalue weighted by Crippen LogP contribution is -2.47. The summed E-state index contributed by atoms with van der Waals surface area (Å²) >= 11 is 0. The Balaban J connectivity index is 1.82. The highest BCUT2D eigenvalue weighted by molar-refractivity contribution is 7.88. The van der Waals surface area contributed by atoms with Crippen molar-refractivity contribution < 1.29 is 8.42 Å². The van der Waals surface area contributed by atoms with Gasteiger partial charge in [0.1, 0.15) is 12.1 Å². The van der Waals surface area contributed by atoms with Crippen LogP contribution in [0, 0.1) is 6.92 Å². The van der Waals surface area contributed by atoms with Crippen LogP contribution in [0.4, 0.5) is 5.82 Å². The molecule has 0 aliphatic carbocycles. The maximum absolute atomic E-state index is 11.9. The van der Waals surface area contributed by atoms with Crippen LogP contribution in [0.15, 0.2) is 24.5 Å². The Kier molecular flexibility index (Phi) is 4.73. The average Bonchev–Trinajstić information content (AvgIpc) is 2.54. The number of hydrogen-bond acceptors (Lipinski definition) is 5. The van der Waals surface area contributed by atoms with E-state index in [2.05, 4.69) is 33.9 Å². The molecule has 0 atom stereocenters. The molecule has 0 unspecified atom stereocenters. The molecule has 1 saturated heterocycles. The van der Waals surface area contributed by atoms with Crippen LogP contribution >= 0.6 is 0 Å². The molecule has 1 aromatic heterocycles. The molecular weight excluding hydrogens is 324 g/mol. The summed E-state index contributed by atoms with van der Waals surface area (Å²) in [4.78, 5) is 11.1. The van der Waals surface area contributed by atoms with Gasteiger partial charge in [-0.15, -0.1) is 0 Å². The topological polar surface area (TPSA) is 66.4 Å². The number of piperidine rings is 1. The molecule has 24 heavy (non-hydrogen) atoms. The van der Waals surface area contributed by atoms with Crippen molar-refractivity contribution in [2.45, 2.75) is 32.7 Å². The molecule has 0 spiro atoms. The summed E-state index contributed by atoms with van der Waals surface area (Å²) in [6, 6.07) is 6.27. The summed E-state index contributed by atoms with van der Waals surface area (Å²) in [6.45, 7) is 6.09. The molecule has 0 amide bonds. The van der Waals surface area contributed by atoms with Crippen molar-refractivity contribution in [1.82, 2.24) is 14.3 Å². The second-order valence-corrected chi connectivity index (χ2v) is 8.34. The van der Waals surface area contributed by atoms with Gasteiger partial charge in [-0.05, 0) is 31.9 Å². The Hall–Kier alpha value is -1.73. The minimum atomic E-state index is -3.15. The lowest BCUT2D eigenvalue weighted by atomic mass is 10.0. The molecule has 0 bridgehead atoms. The smallest absolute Gasteiger partial charge is 0.211 e. The molecule has 3 rings (SSSR count). The van der Waals surface area contributed by atoms with Crippen molar-refractivity contribution in [3.63, 3.8) is 0 Å². The van der Waals surface area contributed by atoms with Crippen molar-refractivity contribution >= 4 is 26.7 Å². The molecule has 2 aromatic rings. The summed E-state index contributed by atoms with van der Waals surface area (Å²) in [7, 11) is -3.15. The molecule has 1 fully saturated rings. The van der Waals surface area contributed by atoms with E-state index in [0.29, 0.717) is 6.54 Å². The number of hydrogen-bond donors (Lipinski definition) is 0. The van der Waals surface area contributed by atoms with Gasteiger partial charge in [0.25, 0.3) is 0 Å². The van der Waals surface area contributed by atoms with Gasteiger partial charge >= 0.3 is 0 Å². The summed E-state index contributed by atoms with van der Waals surface area (Å²) in [5, 5.41) is 1.06. The highest BCUT2D eigenvalue weighted by atomic mass is 32.2. The largest absolute Gasteiger partial charge is 0.356 e. The number of nitrogens with zero attached hydrogens (tertiary/aromatic N) is 4. The Labute approximate surface area is 143 Å². The van der Waals surface area contributed by atoms with Gasteiger partial charge in [-0.3, -0.25) is 0 Å². The minimum absolute atomic E-state index is 0.0797. The highest BCUT2D eigenvalue weighted by Crippen LogP contribution is 2.28. The number of aromatic nitrogens is 2. The van der Waals surface area contributed by atoms with Gasteiger partial charge in [-0.25, -0.2) is 18.4 Å². The predicted molar refractivity (Wildman–Crippen MR) is 96.7 cm³/mol. The van der Waals surface area contributed by atoms with Crippen molar-refractivity contribution in [2.75, 3.05) is 30.8 Å². The molecule has 130 valence electrons. The third-order valence-electron chi connectivity index (χ3n) is 4.68. The van der Waals surface area contributed by atoms with Crippen LogP contribution in [0.1, 0.15) is 25.3 Å². The number of aryl methyl sites for hydroxylation is 1. The average molecular weight is 348 g/mol.